The molecular formula is C42H60N6O12. The molecule has 330 valence electrons. The summed E-state index contributed by atoms with van der Waals surface area (Å²) in [7, 11) is 1.83. The first-order valence-electron chi connectivity index (χ1n) is 20.2. The summed E-state index contributed by atoms with van der Waals surface area (Å²) in [5, 5.41) is 32.2. The highest BCUT2D eigenvalue weighted by molar-refractivity contribution is 5.97. The first-order valence-corrected chi connectivity index (χ1v) is 20.2. The van der Waals surface area contributed by atoms with Gasteiger partial charge in [0.1, 0.15) is 36.8 Å². The van der Waals surface area contributed by atoms with Crippen molar-refractivity contribution < 1.29 is 58.0 Å². The number of carbonyl (C=O) groups excluding carboxylic acids is 5. The molecule has 18 nitrogen and oxygen atoms in total. The standard InChI is InChI=1S/C42H60N6O12/c1-28(2)23-33(44-36(49)27-60-22-21-59-20-19-58-18-16-43-3)41(55)48-17-10-15-35(48)40(54)46-32(25-30-13-8-5-9-14-30)38(52)45-31(24-29-11-6-4-7-12-29)39(53)47-34(42(56)57)26-37(50)51/h4-9,11-14,28,31-35,43H,10,15-27H2,1-3H3,(H,44,49)(H,45,52)(H,46,54)(H,47,53)(H,50,51)(H,56,57)/t31-,32?,33-,34?,35-/m0/s1. The van der Waals surface area contributed by atoms with Gasteiger partial charge in [0.25, 0.3) is 0 Å². The van der Waals surface area contributed by atoms with Crippen molar-refractivity contribution >= 4 is 41.5 Å². The molecule has 1 aliphatic heterocycles. The van der Waals surface area contributed by atoms with Gasteiger partial charge >= 0.3 is 11.9 Å². The number of benzene rings is 2. The Morgan fingerprint density at radius 3 is 1.77 bits per heavy atom. The van der Waals surface area contributed by atoms with Crippen LogP contribution in [0.4, 0.5) is 0 Å². The molecule has 7 N–H and O–H groups in total. The van der Waals surface area contributed by atoms with Crippen molar-refractivity contribution in [2.45, 2.75) is 82.6 Å². The van der Waals surface area contributed by atoms with Gasteiger partial charge < -0.3 is 55.9 Å². The summed E-state index contributed by atoms with van der Waals surface area (Å²) in [4.78, 5) is 93.2. The number of amides is 5. The van der Waals surface area contributed by atoms with Crippen molar-refractivity contribution in [3.63, 3.8) is 0 Å². The molecule has 2 aromatic carbocycles. The van der Waals surface area contributed by atoms with Crippen molar-refractivity contribution in [3.05, 3.63) is 71.8 Å². The molecule has 1 fully saturated rings. The van der Waals surface area contributed by atoms with Crippen LogP contribution in [0.5, 0.6) is 0 Å². The number of likely N-dealkylation sites (N-methyl/N-ethyl adjacent to an activating group) is 1. The largest absolute Gasteiger partial charge is 0.481 e. The number of ether oxygens (including phenoxy) is 3. The van der Waals surface area contributed by atoms with Gasteiger partial charge in [0.15, 0.2) is 0 Å². The maximum atomic E-state index is 14.1. The normalized spacial score (nSPS) is 15.7. The lowest BCUT2D eigenvalue weighted by Gasteiger charge is -2.31. The number of carboxylic acids is 2. The average molecular weight is 841 g/mol. The zero-order chi connectivity index (χ0) is 43.9. The molecule has 5 atom stereocenters. The molecule has 1 heterocycles. The fraction of sp³-hybridized carbons (Fsp3) is 0.548. The summed E-state index contributed by atoms with van der Waals surface area (Å²) in [5.74, 6) is -6.27. The Balaban J connectivity index is 1.73. The number of hydrogen-bond donors (Lipinski definition) is 7. The van der Waals surface area contributed by atoms with Crippen molar-refractivity contribution in [2.24, 2.45) is 5.92 Å². The van der Waals surface area contributed by atoms with Crippen LogP contribution in [0.1, 0.15) is 50.7 Å². The lowest BCUT2D eigenvalue weighted by Crippen LogP contribution is -2.59. The van der Waals surface area contributed by atoms with Gasteiger partial charge in [-0.05, 0) is 43.4 Å². The second kappa shape index (κ2) is 26.6. The van der Waals surface area contributed by atoms with Crippen LogP contribution in [-0.2, 0) is 60.6 Å². The average Bonchev–Trinajstić information content (AvgIpc) is 3.71. The second-order valence-corrected chi connectivity index (χ2v) is 14.8. The van der Waals surface area contributed by atoms with Crippen LogP contribution in [0.3, 0.4) is 0 Å². The zero-order valence-corrected chi connectivity index (χ0v) is 34.6. The van der Waals surface area contributed by atoms with Gasteiger partial charge in [0, 0.05) is 25.9 Å². The number of hydrogen-bond acceptors (Lipinski definition) is 11. The number of nitrogens with zero attached hydrogens (tertiary/aromatic N) is 1. The third-order valence-electron chi connectivity index (χ3n) is 9.48. The Morgan fingerprint density at radius 2 is 1.23 bits per heavy atom. The SMILES string of the molecule is CNCCOCCOCCOCC(=O)N[C@@H](CC(C)C)C(=O)N1CCC[C@H]1C(=O)NC(Cc1ccccc1)C(=O)N[C@@H](Cc1ccccc1)C(=O)NC(CC(=O)O)C(=O)O. The Bertz CT molecular complexity index is 1680. The van der Waals surface area contributed by atoms with Crippen LogP contribution < -0.4 is 26.6 Å². The van der Waals surface area contributed by atoms with Crippen molar-refractivity contribution in [3.8, 4) is 0 Å². The third-order valence-corrected chi connectivity index (χ3v) is 9.48. The predicted molar refractivity (Wildman–Crippen MR) is 218 cm³/mol. The van der Waals surface area contributed by atoms with Crippen LogP contribution in [0.15, 0.2) is 60.7 Å². The fourth-order valence-electron chi connectivity index (χ4n) is 6.52. The lowest BCUT2D eigenvalue weighted by atomic mass is 10.0. The molecule has 0 spiro atoms. The monoisotopic (exact) mass is 840 g/mol. The molecule has 3 rings (SSSR count). The minimum Gasteiger partial charge on any atom is -0.481 e. The molecule has 2 aromatic rings. The highest BCUT2D eigenvalue weighted by Crippen LogP contribution is 2.21. The number of nitrogens with one attached hydrogen (secondary N) is 5. The molecular weight excluding hydrogens is 780 g/mol. The molecule has 0 aliphatic carbocycles. The maximum Gasteiger partial charge on any atom is 0.326 e. The Labute approximate surface area is 350 Å². The number of rotatable bonds is 28. The van der Waals surface area contributed by atoms with E-state index in [4.69, 9.17) is 14.2 Å². The van der Waals surface area contributed by atoms with Crippen LogP contribution in [0.2, 0.25) is 0 Å². The van der Waals surface area contributed by atoms with Gasteiger partial charge in [-0.3, -0.25) is 28.8 Å². The van der Waals surface area contributed by atoms with E-state index in [0.717, 1.165) is 6.54 Å². The van der Waals surface area contributed by atoms with Gasteiger partial charge in [-0.15, -0.1) is 0 Å². The third kappa shape index (κ3) is 17.8. The molecule has 5 amide bonds. The lowest BCUT2D eigenvalue weighted by molar-refractivity contribution is -0.147. The number of aliphatic carboxylic acids is 2. The van der Waals surface area contributed by atoms with E-state index >= 15 is 0 Å². The van der Waals surface area contributed by atoms with E-state index in [0.29, 0.717) is 50.2 Å². The maximum absolute atomic E-state index is 14.1. The Morgan fingerprint density at radius 1 is 0.700 bits per heavy atom. The van der Waals surface area contributed by atoms with E-state index in [1.54, 1.807) is 60.7 Å². The number of carbonyl (C=O) groups is 7. The molecule has 0 radical (unpaired) electrons. The van der Waals surface area contributed by atoms with E-state index in [1.165, 1.54) is 4.90 Å². The second-order valence-electron chi connectivity index (χ2n) is 14.8. The zero-order valence-electron chi connectivity index (χ0n) is 34.6. The van der Waals surface area contributed by atoms with Crippen LogP contribution in [0.25, 0.3) is 0 Å². The highest BCUT2D eigenvalue weighted by atomic mass is 16.5. The molecule has 2 unspecified atom stereocenters. The molecule has 1 aliphatic rings. The van der Waals surface area contributed by atoms with Crippen LogP contribution in [0, 0.1) is 5.92 Å². The first-order chi connectivity index (χ1) is 28.8. The van der Waals surface area contributed by atoms with E-state index in [1.807, 2.05) is 20.9 Å². The summed E-state index contributed by atoms with van der Waals surface area (Å²) in [6.45, 7) is 6.27. The van der Waals surface area contributed by atoms with E-state index in [-0.39, 0.29) is 45.1 Å². The minimum atomic E-state index is -1.77. The predicted octanol–water partition coefficient (Wildman–Crippen LogP) is 0.277. The van der Waals surface area contributed by atoms with Gasteiger partial charge in [0.05, 0.1) is 39.5 Å². The molecule has 1 saturated heterocycles. The van der Waals surface area contributed by atoms with Gasteiger partial charge in [-0.25, -0.2) is 4.79 Å². The van der Waals surface area contributed by atoms with E-state index in [9.17, 15) is 43.8 Å². The summed E-state index contributed by atoms with van der Waals surface area (Å²) in [6.07, 6.45) is 0.107. The van der Waals surface area contributed by atoms with Gasteiger partial charge in [-0.1, -0.05) is 74.5 Å². The van der Waals surface area contributed by atoms with Crippen LogP contribution >= 0.6 is 0 Å². The van der Waals surface area contributed by atoms with E-state index in [2.05, 4.69) is 26.6 Å². The molecule has 0 aromatic heterocycles. The topological polar surface area (TPSA) is 251 Å². The van der Waals surface area contributed by atoms with Crippen LogP contribution in [-0.4, -0.2) is 147 Å². The summed E-state index contributed by atoms with van der Waals surface area (Å²) in [5.41, 5.74) is 1.30. The van der Waals surface area contributed by atoms with Crippen molar-refractivity contribution in [1.82, 2.24) is 31.5 Å². The van der Waals surface area contributed by atoms with Gasteiger partial charge in [0.2, 0.25) is 29.5 Å². The van der Waals surface area contributed by atoms with E-state index < -0.39 is 78.1 Å². The smallest absolute Gasteiger partial charge is 0.326 e. The van der Waals surface area contributed by atoms with Crippen molar-refractivity contribution in [2.75, 3.05) is 59.8 Å². The van der Waals surface area contributed by atoms with Crippen molar-refractivity contribution in [1.29, 1.82) is 0 Å². The summed E-state index contributed by atoms with van der Waals surface area (Å²) in [6, 6.07) is 11.1. The minimum absolute atomic E-state index is 0.00293. The number of carboxylic acid groups (broad SMARTS) is 2. The first kappa shape index (κ1) is 48.9. The number of likely N-dealkylation sites (tertiary alicyclic amines) is 1. The Hall–Kier alpha value is -5.43. The highest BCUT2D eigenvalue weighted by Gasteiger charge is 2.39. The Kier molecular flexibility index (Phi) is 21.7. The molecule has 0 saturated carbocycles. The molecule has 60 heavy (non-hydrogen) atoms. The van der Waals surface area contributed by atoms with Gasteiger partial charge in [-0.2, -0.15) is 0 Å². The fourth-order valence-corrected chi connectivity index (χ4v) is 6.52. The quantitative estimate of drug-likeness (QED) is 0.0570. The molecule has 0 bridgehead atoms. The summed E-state index contributed by atoms with van der Waals surface area (Å²) < 4.78 is 16.3. The summed E-state index contributed by atoms with van der Waals surface area (Å²) >= 11 is 0. The molecule has 18 heteroatoms.